The van der Waals surface area contributed by atoms with Gasteiger partial charge in [0.05, 0.1) is 19.5 Å². The minimum absolute atomic E-state index is 0.222. The van der Waals surface area contributed by atoms with Gasteiger partial charge in [0.1, 0.15) is 17.3 Å². The third-order valence-electron chi connectivity index (χ3n) is 2.80. The molecular formula is C14H16N4O2. The highest BCUT2D eigenvalue weighted by molar-refractivity contribution is 5.92. The van der Waals surface area contributed by atoms with Gasteiger partial charge in [-0.1, -0.05) is 12.1 Å². The summed E-state index contributed by atoms with van der Waals surface area (Å²) < 4.78 is 5.09. The Balaban J connectivity index is 2.07. The van der Waals surface area contributed by atoms with Crippen LogP contribution in [0.1, 0.15) is 16.1 Å². The molecule has 0 bridgehead atoms. The first-order valence-electron chi connectivity index (χ1n) is 6.06. The average Bonchev–Trinajstić information content (AvgIpc) is 2.47. The number of amides is 1. The largest absolute Gasteiger partial charge is 0.497 e. The summed E-state index contributed by atoms with van der Waals surface area (Å²) in [6.45, 7) is 0.472. The summed E-state index contributed by atoms with van der Waals surface area (Å²) in [4.78, 5) is 21.6. The minimum atomic E-state index is -0.222. The number of methoxy groups -OCH3 is 1. The van der Waals surface area contributed by atoms with Crippen LogP contribution < -0.4 is 10.5 Å². The van der Waals surface area contributed by atoms with Crippen molar-refractivity contribution in [3.05, 3.63) is 47.9 Å². The van der Waals surface area contributed by atoms with E-state index in [9.17, 15) is 4.79 Å². The summed E-state index contributed by atoms with van der Waals surface area (Å²) in [5, 5.41) is 0. The molecule has 1 heterocycles. The van der Waals surface area contributed by atoms with Gasteiger partial charge in [-0.25, -0.2) is 4.98 Å². The topological polar surface area (TPSA) is 81.3 Å². The van der Waals surface area contributed by atoms with E-state index in [1.54, 1.807) is 19.1 Å². The Kier molecular flexibility index (Phi) is 4.14. The Hall–Kier alpha value is -2.63. The second-order valence-electron chi connectivity index (χ2n) is 4.34. The van der Waals surface area contributed by atoms with E-state index >= 15 is 0 Å². The zero-order chi connectivity index (χ0) is 14.5. The number of rotatable bonds is 4. The molecule has 2 rings (SSSR count). The molecule has 0 fully saturated rings. The number of benzene rings is 1. The van der Waals surface area contributed by atoms with Crippen LogP contribution in [-0.4, -0.2) is 34.9 Å². The molecule has 0 unspecified atom stereocenters. The molecule has 0 saturated carbocycles. The molecule has 20 heavy (non-hydrogen) atoms. The van der Waals surface area contributed by atoms with Gasteiger partial charge < -0.3 is 15.4 Å². The molecule has 0 radical (unpaired) electrons. The lowest BCUT2D eigenvalue weighted by Gasteiger charge is -2.16. The van der Waals surface area contributed by atoms with Crippen molar-refractivity contribution >= 4 is 11.7 Å². The Morgan fingerprint density at radius 3 is 2.60 bits per heavy atom. The Morgan fingerprint density at radius 1 is 1.30 bits per heavy atom. The number of nitrogen functional groups attached to an aromatic ring is 1. The lowest BCUT2D eigenvalue weighted by molar-refractivity contribution is 0.0779. The molecule has 0 aliphatic heterocycles. The zero-order valence-corrected chi connectivity index (χ0v) is 11.4. The molecule has 0 aliphatic carbocycles. The number of nitrogens with two attached hydrogens (primary N) is 1. The summed E-state index contributed by atoms with van der Waals surface area (Å²) in [5.74, 6) is 0.791. The van der Waals surface area contributed by atoms with Gasteiger partial charge in [-0.05, 0) is 17.7 Å². The summed E-state index contributed by atoms with van der Waals surface area (Å²) in [6, 6.07) is 7.53. The van der Waals surface area contributed by atoms with Crippen LogP contribution in [0.2, 0.25) is 0 Å². The Morgan fingerprint density at radius 2 is 2.00 bits per heavy atom. The van der Waals surface area contributed by atoms with Gasteiger partial charge in [0.2, 0.25) is 0 Å². The number of anilines is 1. The van der Waals surface area contributed by atoms with Gasteiger partial charge >= 0.3 is 0 Å². The number of hydrogen-bond donors (Lipinski definition) is 1. The summed E-state index contributed by atoms with van der Waals surface area (Å²) in [6.07, 6.45) is 2.81. The molecule has 1 aromatic heterocycles. The smallest absolute Gasteiger partial charge is 0.274 e. The van der Waals surface area contributed by atoms with E-state index in [0.717, 1.165) is 11.3 Å². The molecule has 0 aliphatic rings. The van der Waals surface area contributed by atoms with Crippen LogP contribution in [-0.2, 0) is 6.54 Å². The molecule has 6 nitrogen and oxygen atoms in total. The van der Waals surface area contributed by atoms with E-state index in [0.29, 0.717) is 6.54 Å². The molecule has 0 spiro atoms. The summed E-state index contributed by atoms with van der Waals surface area (Å²) in [7, 11) is 3.32. The number of carbonyl (C=O) groups is 1. The summed E-state index contributed by atoms with van der Waals surface area (Å²) >= 11 is 0. The van der Waals surface area contributed by atoms with Gasteiger partial charge in [-0.15, -0.1) is 0 Å². The van der Waals surface area contributed by atoms with Crippen molar-refractivity contribution in [1.82, 2.24) is 14.9 Å². The lowest BCUT2D eigenvalue weighted by Crippen LogP contribution is -2.27. The third kappa shape index (κ3) is 3.23. The van der Waals surface area contributed by atoms with Gasteiger partial charge in [-0.2, -0.15) is 0 Å². The van der Waals surface area contributed by atoms with Crippen molar-refractivity contribution in [3.8, 4) is 5.75 Å². The number of aromatic nitrogens is 2. The standard InChI is InChI=1S/C14H16N4O2/c1-18(9-10-3-5-11(20-2)6-4-10)14(19)12-7-16-8-13(15)17-12/h3-8H,9H2,1-2H3,(H2,15,17). The Bertz CT molecular complexity index is 598. The van der Waals surface area contributed by atoms with E-state index < -0.39 is 0 Å². The highest BCUT2D eigenvalue weighted by Gasteiger charge is 2.14. The Labute approximate surface area is 117 Å². The minimum Gasteiger partial charge on any atom is -0.497 e. The van der Waals surface area contributed by atoms with Gasteiger partial charge in [0, 0.05) is 13.6 Å². The van der Waals surface area contributed by atoms with Crippen molar-refractivity contribution in [2.75, 3.05) is 19.9 Å². The predicted molar refractivity (Wildman–Crippen MR) is 75.2 cm³/mol. The van der Waals surface area contributed by atoms with Gasteiger partial charge in [0.15, 0.2) is 0 Å². The second-order valence-corrected chi connectivity index (χ2v) is 4.34. The number of carbonyl (C=O) groups excluding carboxylic acids is 1. The third-order valence-corrected chi connectivity index (χ3v) is 2.80. The molecule has 0 saturated heterocycles. The lowest BCUT2D eigenvalue weighted by atomic mass is 10.2. The number of hydrogen-bond acceptors (Lipinski definition) is 5. The fourth-order valence-electron chi connectivity index (χ4n) is 1.76. The molecular weight excluding hydrogens is 256 g/mol. The van der Waals surface area contributed by atoms with Crippen molar-refractivity contribution in [2.24, 2.45) is 0 Å². The first kappa shape index (κ1) is 13.8. The molecule has 0 atom stereocenters. The highest BCUT2D eigenvalue weighted by atomic mass is 16.5. The van der Waals surface area contributed by atoms with Crippen molar-refractivity contribution in [3.63, 3.8) is 0 Å². The van der Waals surface area contributed by atoms with E-state index in [1.165, 1.54) is 12.4 Å². The fourth-order valence-corrected chi connectivity index (χ4v) is 1.76. The monoisotopic (exact) mass is 272 g/mol. The van der Waals surface area contributed by atoms with Crippen molar-refractivity contribution in [1.29, 1.82) is 0 Å². The number of ether oxygens (including phenoxy) is 1. The average molecular weight is 272 g/mol. The van der Waals surface area contributed by atoms with E-state index in [-0.39, 0.29) is 17.4 Å². The zero-order valence-electron chi connectivity index (χ0n) is 11.4. The van der Waals surface area contributed by atoms with E-state index in [4.69, 9.17) is 10.5 Å². The van der Waals surface area contributed by atoms with Gasteiger partial charge in [0.25, 0.3) is 5.91 Å². The maximum Gasteiger partial charge on any atom is 0.274 e. The SMILES string of the molecule is COc1ccc(CN(C)C(=O)c2cncc(N)n2)cc1. The van der Waals surface area contributed by atoms with Crippen LogP contribution in [0.5, 0.6) is 5.75 Å². The molecule has 6 heteroatoms. The maximum absolute atomic E-state index is 12.2. The van der Waals surface area contributed by atoms with Crippen LogP contribution in [0.25, 0.3) is 0 Å². The predicted octanol–water partition coefficient (Wildman–Crippen LogP) is 1.34. The second kappa shape index (κ2) is 6.01. The fraction of sp³-hybridized carbons (Fsp3) is 0.214. The highest BCUT2D eigenvalue weighted by Crippen LogP contribution is 2.13. The molecule has 1 aromatic carbocycles. The van der Waals surface area contributed by atoms with Gasteiger partial charge in [-0.3, -0.25) is 9.78 Å². The molecule has 2 N–H and O–H groups in total. The first-order chi connectivity index (χ1) is 9.60. The van der Waals surface area contributed by atoms with E-state index in [2.05, 4.69) is 9.97 Å². The molecule has 1 amide bonds. The molecule has 2 aromatic rings. The first-order valence-corrected chi connectivity index (χ1v) is 6.06. The van der Waals surface area contributed by atoms with Crippen molar-refractivity contribution < 1.29 is 9.53 Å². The molecule has 104 valence electrons. The van der Waals surface area contributed by atoms with Crippen LogP contribution in [0.15, 0.2) is 36.7 Å². The quantitative estimate of drug-likeness (QED) is 0.908. The van der Waals surface area contributed by atoms with E-state index in [1.807, 2.05) is 24.3 Å². The number of nitrogens with zero attached hydrogens (tertiary/aromatic N) is 3. The van der Waals surface area contributed by atoms with Crippen LogP contribution in [0.4, 0.5) is 5.82 Å². The normalized spacial score (nSPS) is 10.1. The van der Waals surface area contributed by atoms with Crippen LogP contribution >= 0.6 is 0 Å². The van der Waals surface area contributed by atoms with Crippen molar-refractivity contribution in [2.45, 2.75) is 6.54 Å². The van der Waals surface area contributed by atoms with Crippen LogP contribution in [0.3, 0.4) is 0 Å². The summed E-state index contributed by atoms with van der Waals surface area (Å²) in [5.41, 5.74) is 6.76. The van der Waals surface area contributed by atoms with Crippen LogP contribution in [0, 0.1) is 0 Å². The maximum atomic E-state index is 12.2.